The lowest BCUT2D eigenvalue weighted by Crippen LogP contribution is -2.49. The van der Waals surface area contributed by atoms with Crippen LogP contribution in [0.15, 0.2) is 23.6 Å². The lowest BCUT2D eigenvalue weighted by Gasteiger charge is -2.37. The number of hydrogen-bond donors (Lipinski definition) is 0. The maximum atomic E-state index is 12.4. The highest BCUT2D eigenvalue weighted by Gasteiger charge is 2.22. The second kappa shape index (κ2) is 7.34. The Hall–Kier alpha value is -1.88. The van der Waals surface area contributed by atoms with Crippen molar-refractivity contribution in [1.29, 1.82) is 0 Å². The summed E-state index contributed by atoms with van der Waals surface area (Å²) >= 11 is 1.65. The minimum atomic E-state index is 0.253. The van der Waals surface area contributed by atoms with E-state index in [1.807, 2.05) is 17.2 Å². The fourth-order valence-corrected chi connectivity index (χ4v) is 3.94. The van der Waals surface area contributed by atoms with Crippen molar-refractivity contribution in [3.8, 4) is 0 Å². The highest BCUT2D eigenvalue weighted by atomic mass is 32.1. The highest BCUT2D eigenvalue weighted by Crippen LogP contribution is 2.24. The van der Waals surface area contributed by atoms with Crippen LogP contribution in [0.1, 0.15) is 28.2 Å². The fourth-order valence-electron chi connectivity index (χ4n) is 3.16. The van der Waals surface area contributed by atoms with Crippen molar-refractivity contribution in [3.63, 3.8) is 0 Å². The Kier molecular flexibility index (Phi) is 5.19. The van der Waals surface area contributed by atoms with Crippen LogP contribution in [-0.2, 0) is 11.2 Å². The van der Waals surface area contributed by atoms with Crippen molar-refractivity contribution in [2.24, 2.45) is 0 Å². The van der Waals surface area contributed by atoms with Gasteiger partial charge in [-0.3, -0.25) is 4.79 Å². The normalized spacial score (nSPS) is 15.0. The van der Waals surface area contributed by atoms with Crippen LogP contribution in [0.25, 0.3) is 0 Å². The maximum Gasteiger partial charge on any atom is 0.223 e. The molecule has 1 fully saturated rings. The Bertz CT molecular complexity index is 717. The van der Waals surface area contributed by atoms with E-state index in [4.69, 9.17) is 0 Å². The molecule has 1 saturated heterocycles. The van der Waals surface area contributed by atoms with E-state index in [-0.39, 0.29) is 5.91 Å². The molecule has 1 aliphatic heterocycles. The van der Waals surface area contributed by atoms with Crippen molar-refractivity contribution in [3.05, 3.63) is 45.4 Å². The molecule has 0 bridgehead atoms. The monoisotopic (exact) mass is 343 g/mol. The molecule has 4 nitrogen and oxygen atoms in total. The number of nitrogens with zero attached hydrogens (tertiary/aromatic N) is 3. The molecule has 0 saturated carbocycles. The van der Waals surface area contributed by atoms with Gasteiger partial charge in [-0.15, -0.1) is 11.3 Å². The van der Waals surface area contributed by atoms with Crippen molar-refractivity contribution in [2.45, 2.75) is 33.6 Å². The van der Waals surface area contributed by atoms with Crippen LogP contribution in [0.2, 0.25) is 0 Å². The van der Waals surface area contributed by atoms with Crippen LogP contribution in [0, 0.1) is 20.8 Å². The van der Waals surface area contributed by atoms with E-state index in [1.165, 1.54) is 16.8 Å². The summed E-state index contributed by atoms with van der Waals surface area (Å²) in [6.07, 6.45) is 1.32. The van der Waals surface area contributed by atoms with E-state index >= 15 is 0 Å². The first-order chi connectivity index (χ1) is 11.5. The van der Waals surface area contributed by atoms with E-state index < -0.39 is 0 Å². The summed E-state index contributed by atoms with van der Waals surface area (Å²) in [6, 6.07) is 6.45. The standard InChI is InChI=1S/C19H25N3OS/c1-14-5-4-6-17(16(14)3)21-9-11-22(12-10-21)19(23)8-7-18-20-15(2)13-24-18/h4-6,13H,7-12H2,1-3H3. The summed E-state index contributed by atoms with van der Waals surface area (Å²) in [4.78, 5) is 21.3. The Morgan fingerprint density at radius 1 is 1.17 bits per heavy atom. The molecular formula is C19H25N3OS. The van der Waals surface area contributed by atoms with Crippen LogP contribution in [-0.4, -0.2) is 42.0 Å². The minimum absolute atomic E-state index is 0.253. The topological polar surface area (TPSA) is 36.4 Å². The molecule has 1 amide bonds. The van der Waals surface area contributed by atoms with E-state index in [0.717, 1.165) is 43.3 Å². The predicted octanol–water partition coefficient (Wildman–Crippen LogP) is 3.35. The molecular weight excluding hydrogens is 318 g/mol. The summed E-state index contributed by atoms with van der Waals surface area (Å²) in [5.74, 6) is 0.253. The van der Waals surface area contributed by atoms with Gasteiger partial charge in [0.1, 0.15) is 0 Å². The van der Waals surface area contributed by atoms with Gasteiger partial charge in [-0.2, -0.15) is 0 Å². The SMILES string of the molecule is Cc1csc(CCC(=O)N2CCN(c3cccc(C)c3C)CC2)n1. The van der Waals surface area contributed by atoms with Crippen molar-refractivity contribution in [2.75, 3.05) is 31.1 Å². The fraction of sp³-hybridized carbons (Fsp3) is 0.474. The van der Waals surface area contributed by atoms with Gasteiger partial charge in [-0.25, -0.2) is 4.98 Å². The molecule has 0 aliphatic carbocycles. The number of aryl methyl sites for hydroxylation is 3. The lowest BCUT2D eigenvalue weighted by molar-refractivity contribution is -0.131. The number of thiazole rings is 1. The number of anilines is 1. The zero-order chi connectivity index (χ0) is 17.1. The number of rotatable bonds is 4. The average Bonchev–Trinajstić information content (AvgIpc) is 3.01. The Balaban J connectivity index is 1.53. The molecule has 3 rings (SSSR count). The molecule has 24 heavy (non-hydrogen) atoms. The molecule has 0 N–H and O–H groups in total. The largest absolute Gasteiger partial charge is 0.368 e. The number of carbonyl (C=O) groups is 1. The quantitative estimate of drug-likeness (QED) is 0.854. The molecule has 0 unspecified atom stereocenters. The molecule has 0 spiro atoms. The Labute approximate surface area is 148 Å². The van der Waals surface area contributed by atoms with Crippen LogP contribution in [0.5, 0.6) is 0 Å². The van der Waals surface area contributed by atoms with Gasteiger partial charge in [-0.05, 0) is 38.0 Å². The van der Waals surface area contributed by atoms with E-state index in [1.54, 1.807) is 11.3 Å². The Morgan fingerprint density at radius 2 is 1.92 bits per heavy atom. The first-order valence-electron chi connectivity index (χ1n) is 8.54. The number of piperazine rings is 1. The Morgan fingerprint density at radius 3 is 2.58 bits per heavy atom. The zero-order valence-electron chi connectivity index (χ0n) is 14.7. The maximum absolute atomic E-state index is 12.4. The van der Waals surface area contributed by atoms with Gasteiger partial charge in [-0.1, -0.05) is 12.1 Å². The number of hydrogen-bond acceptors (Lipinski definition) is 4. The summed E-state index contributed by atoms with van der Waals surface area (Å²) < 4.78 is 0. The van der Waals surface area contributed by atoms with Gasteiger partial charge in [0.05, 0.1) is 5.01 Å². The van der Waals surface area contributed by atoms with Gasteiger partial charge in [0, 0.05) is 55.8 Å². The smallest absolute Gasteiger partial charge is 0.223 e. The molecule has 1 aromatic carbocycles. The second-order valence-corrected chi connectivity index (χ2v) is 7.41. The second-order valence-electron chi connectivity index (χ2n) is 6.47. The molecule has 0 atom stereocenters. The van der Waals surface area contributed by atoms with E-state index in [9.17, 15) is 4.79 Å². The van der Waals surface area contributed by atoms with Gasteiger partial charge in [0.25, 0.3) is 0 Å². The van der Waals surface area contributed by atoms with Crippen LogP contribution >= 0.6 is 11.3 Å². The lowest BCUT2D eigenvalue weighted by atomic mass is 10.1. The summed E-state index contributed by atoms with van der Waals surface area (Å²) in [6.45, 7) is 9.76. The molecule has 128 valence electrons. The molecule has 2 heterocycles. The highest BCUT2D eigenvalue weighted by molar-refractivity contribution is 7.09. The van der Waals surface area contributed by atoms with Crippen LogP contribution < -0.4 is 4.90 Å². The van der Waals surface area contributed by atoms with E-state index in [2.05, 4.69) is 41.9 Å². The number of aromatic nitrogens is 1. The van der Waals surface area contributed by atoms with Crippen LogP contribution in [0.3, 0.4) is 0 Å². The van der Waals surface area contributed by atoms with Crippen molar-refractivity contribution < 1.29 is 4.79 Å². The third-order valence-corrected chi connectivity index (χ3v) is 5.79. The molecule has 0 radical (unpaired) electrons. The summed E-state index contributed by atoms with van der Waals surface area (Å²) in [5, 5.41) is 3.11. The van der Waals surface area contributed by atoms with Crippen molar-refractivity contribution in [1.82, 2.24) is 9.88 Å². The first kappa shape index (κ1) is 17.0. The zero-order valence-corrected chi connectivity index (χ0v) is 15.5. The number of benzene rings is 1. The first-order valence-corrected chi connectivity index (χ1v) is 9.42. The molecule has 1 aliphatic rings. The third kappa shape index (κ3) is 3.78. The van der Waals surface area contributed by atoms with Crippen LogP contribution in [0.4, 0.5) is 5.69 Å². The van der Waals surface area contributed by atoms with Gasteiger partial charge in [0.2, 0.25) is 5.91 Å². The minimum Gasteiger partial charge on any atom is -0.368 e. The van der Waals surface area contributed by atoms with E-state index in [0.29, 0.717) is 6.42 Å². The number of carbonyl (C=O) groups excluding carboxylic acids is 1. The average molecular weight is 343 g/mol. The molecule has 5 heteroatoms. The van der Waals surface area contributed by atoms with Gasteiger partial charge in [0.15, 0.2) is 0 Å². The molecule has 1 aromatic heterocycles. The summed E-state index contributed by atoms with van der Waals surface area (Å²) in [5.41, 5.74) is 5.02. The summed E-state index contributed by atoms with van der Waals surface area (Å²) in [7, 11) is 0. The predicted molar refractivity (Wildman–Crippen MR) is 99.9 cm³/mol. The van der Waals surface area contributed by atoms with Gasteiger partial charge >= 0.3 is 0 Å². The molecule has 2 aromatic rings. The number of amides is 1. The van der Waals surface area contributed by atoms with Crippen molar-refractivity contribution >= 4 is 22.9 Å². The third-order valence-electron chi connectivity index (χ3n) is 4.77. The van der Waals surface area contributed by atoms with Gasteiger partial charge < -0.3 is 9.80 Å².